The van der Waals surface area contributed by atoms with Crippen molar-refractivity contribution in [3.05, 3.63) is 35.4 Å². The van der Waals surface area contributed by atoms with Gasteiger partial charge in [-0.1, -0.05) is 24.3 Å². The first-order valence-corrected chi connectivity index (χ1v) is 11.8. The Kier molecular flexibility index (Phi) is 9.47. The van der Waals surface area contributed by atoms with E-state index in [0.29, 0.717) is 26.1 Å². The molecular formula is C24H39N5O3. The number of nitrogens with one attached hydrogen (secondary N) is 1. The molecule has 32 heavy (non-hydrogen) atoms. The van der Waals surface area contributed by atoms with Crippen molar-refractivity contribution in [2.75, 3.05) is 59.0 Å². The van der Waals surface area contributed by atoms with Gasteiger partial charge in [0.15, 0.2) is 0 Å². The minimum absolute atomic E-state index is 0.0462. The number of hydrogen-bond acceptors (Lipinski definition) is 6. The van der Waals surface area contributed by atoms with E-state index in [2.05, 4.69) is 46.3 Å². The molecule has 0 aliphatic carbocycles. The average molecular weight is 446 g/mol. The van der Waals surface area contributed by atoms with Crippen LogP contribution in [0.5, 0.6) is 0 Å². The third-order valence-corrected chi connectivity index (χ3v) is 6.68. The van der Waals surface area contributed by atoms with Gasteiger partial charge in [-0.3, -0.25) is 19.4 Å². The lowest BCUT2D eigenvalue weighted by Gasteiger charge is -2.43. The zero-order chi connectivity index (χ0) is 22.9. The minimum atomic E-state index is -0.444. The third-order valence-electron chi connectivity index (χ3n) is 6.68. The van der Waals surface area contributed by atoms with Crippen LogP contribution in [-0.4, -0.2) is 97.6 Å². The first-order valence-electron chi connectivity index (χ1n) is 11.8. The molecule has 0 bridgehead atoms. The third kappa shape index (κ3) is 6.75. The molecule has 3 rings (SSSR count). The summed E-state index contributed by atoms with van der Waals surface area (Å²) in [5.41, 5.74) is 8.16. The highest BCUT2D eigenvalue weighted by Gasteiger charge is 2.37. The van der Waals surface area contributed by atoms with Crippen molar-refractivity contribution in [1.29, 1.82) is 0 Å². The van der Waals surface area contributed by atoms with Gasteiger partial charge in [-0.2, -0.15) is 0 Å². The molecule has 3 N–H and O–H groups in total. The maximum absolute atomic E-state index is 12.9. The number of rotatable bonds is 9. The predicted molar refractivity (Wildman–Crippen MR) is 125 cm³/mol. The summed E-state index contributed by atoms with van der Waals surface area (Å²) in [7, 11) is 0. The fourth-order valence-corrected chi connectivity index (χ4v) is 4.71. The van der Waals surface area contributed by atoms with Gasteiger partial charge < -0.3 is 20.7 Å². The summed E-state index contributed by atoms with van der Waals surface area (Å²) in [5.74, 6) is -0.144. The molecule has 1 aromatic rings. The second-order valence-electron chi connectivity index (χ2n) is 8.84. The largest absolute Gasteiger partial charge is 0.379 e. The van der Waals surface area contributed by atoms with Crippen molar-refractivity contribution in [1.82, 2.24) is 20.0 Å². The van der Waals surface area contributed by atoms with Crippen LogP contribution in [0.15, 0.2) is 24.3 Å². The van der Waals surface area contributed by atoms with E-state index in [4.69, 9.17) is 10.5 Å². The standard InChI is InChI=1S/C24H39N5O3/c1-19-5-3-4-6-21(19)18-28(12-11-27-13-15-32-16-14-27)22-7-10-29(20(2)30)23(17-22)24(31)26-9-8-25/h3-6,22-23H,7-18,25H2,1-2H3,(H,26,31)/t22?,23-/m1/s1. The van der Waals surface area contributed by atoms with Crippen molar-refractivity contribution in [2.45, 2.75) is 45.3 Å². The highest BCUT2D eigenvalue weighted by Crippen LogP contribution is 2.25. The molecule has 0 saturated carbocycles. The second-order valence-corrected chi connectivity index (χ2v) is 8.84. The number of aryl methyl sites for hydroxylation is 1. The van der Waals surface area contributed by atoms with Crippen LogP contribution >= 0.6 is 0 Å². The van der Waals surface area contributed by atoms with Gasteiger partial charge in [0.05, 0.1) is 13.2 Å². The Labute approximate surface area is 192 Å². The second kappa shape index (κ2) is 12.3. The highest BCUT2D eigenvalue weighted by atomic mass is 16.5. The predicted octanol–water partition coefficient (Wildman–Crippen LogP) is 0.584. The summed E-state index contributed by atoms with van der Waals surface area (Å²) in [4.78, 5) is 31.8. The summed E-state index contributed by atoms with van der Waals surface area (Å²) in [5, 5.41) is 2.89. The number of nitrogens with zero attached hydrogens (tertiary/aromatic N) is 3. The highest BCUT2D eigenvalue weighted by molar-refractivity contribution is 5.87. The number of likely N-dealkylation sites (tertiary alicyclic amines) is 1. The Morgan fingerprint density at radius 2 is 1.97 bits per heavy atom. The van der Waals surface area contributed by atoms with E-state index in [-0.39, 0.29) is 17.9 Å². The Morgan fingerprint density at radius 3 is 2.66 bits per heavy atom. The van der Waals surface area contributed by atoms with Gasteiger partial charge in [-0.15, -0.1) is 0 Å². The van der Waals surface area contributed by atoms with E-state index >= 15 is 0 Å². The van der Waals surface area contributed by atoms with Crippen LogP contribution < -0.4 is 11.1 Å². The van der Waals surface area contributed by atoms with Crippen LogP contribution in [-0.2, 0) is 20.9 Å². The van der Waals surface area contributed by atoms with E-state index in [1.54, 1.807) is 11.8 Å². The smallest absolute Gasteiger partial charge is 0.242 e. The topological polar surface area (TPSA) is 91.1 Å². The molecule has 2 aliphatic heterocycles. The molecule has 0 spiro atoms. The van der Waals surface area contributed by atoms with E-state index < -0.39 is 6.04 Å². The lowest BCUT2D eigenvalue weighted by molar-refractivity contribution is -0.142. The molecule has 2 atom stereocenters. The van der Waals surface area contributed by atoms with Crippen LogP contribution in [0.2, 0.25) is 0 Å². The zero-order valence-electron chi connectivity index (χ0n) is 19.6. The Bertz CT molecular complexity index is 753. The molecule has 2 amide bonds. The molecule has 0 radical (unpaired) electrons. The summed E-state index contributed by atoms with van der Waals surface area (Å²) < 4.78 is 5.49. The number of piperidine rings is 1. The molecule has 178 valence electrons. The van der Waals surface area contributed by atoms with Gasteiger partial charge in [0.2, 0.25) is 11.8 Å². The Balaban J connectivity index is 1.74. The van der Waals surface area contributed by atoms with Gasteiger partial charge >= 0.3 is 0 Å². The summed E-state index contributed by atoms with van der Waals surface area (Å²) in [6.45, 7) is 11.4. The van der Waals surface area contributed by atoms with Crippen molar-refractivity contribution < 1.29 is 14.3 Å². The van der Waals surface area contributed by atoms with Crippen molar-refractivity contribution in [3.63, 3.8) is 0 Å². The summed E-state index contributed by atoms with van der Waals surface area (Å²) >= 11 is 0. The molecule has 1 unspecified atom stereocenters. The first-order chi connectivity index (χ1) is 15.5. The quantitative estimate of drug-likeness (QED) is 0.578. The fraction of sp³-hybridized carbons (Fsp3) is 0.667. The van der Waals surface area contributed by atoms with E-state index in [9.17, 15) is 9.59 Å². The lowest BCUT2D eigenvalue weighted by atomic mass is 9.94. The summed E-state index contributed by atoms with van der Waals surface area (Å²) in [6.07, 6.45) is 1.51. The van der Waals surface area contributed by atoms with Crippen LogP contribution in [0.1, 0.15) is 30.9 Å². The molecule has 8 nitrogen and oxygen atoms in total. The lowest BCUT2D eigenvalue weighted by Crippen LogP contribution is -2.57. The Hall–Kier alpha value is -2.00. The van der Waals surface area contributed by atoms with Gasteiger partial charge in [-0.25, -0.2) is 0 Å². The maximum Gasteiger partial charge on any atom is 0.242 e. The first kappa shape index (κ1) is 24.6. The SMILES string of the molecule is CC(=O)N1CCC(N(CCN2CCOCC2)Cc2ccccc2C)C[C@@H]1C(=O)NCCN. The number of nitrogens with two attached hydrogens (primary N) is 1. The fourth-order valence-electron chi connectivity index (χ4n) is 4.71. The molecule has 1 aromatic carbocycles. The van der Waals surface area contributed by atoms with E-state index in [1.807, 2.05) is 0 Å². The van der Waals surface area contributed by atoms with Crippen LogP contribution in [0, 0.1) is 6.92 Å². The molecule has 2 heterocycles. The molecule has 2 aliphatic rings. The zero-order valence-corrected chi connectivity index (χ0v) is 19.6. The normalized spacial score (nSPS) is 22.2. The number of ether oxygens (including phenoxy) is 1. The number of benzene rings is 1. The molecule has 8 heteroatoms. The van der Waals surface area contributed by atoms with Crippen LogP contribution in [0.4, 0.5) is 0 Å². The van der Waals surface area contributed by atoms with Crippen LogP contribution in [0.3, 0.4) is 0 Å². The Morgan fingerprint density at radius 1 is 1.22 bits per heavy atom. The number of amides is 2. The van der Waals surface area contributed by atoms with Gasteiger partial charge in [-0.05, 0) is 30.9 Å². The maximum atomic E-state index is 12.9. The molecule has 0 aromatic heterocycles. The van der Waals surface area contributed by atoms with E-state index in [0.717, 1.165) is 52.4 Å². The van der Waals surface area contributed by atoms with E-state index in [1.165, 1.54) is 11.1 Å². The number of carbonyl (C=O) groups is 2. The number of morpholine rings is 1. The monoisotopic (exact) mass is 445 g/mol. The van der Waals surface area contributed by atoms with Gasteiger partial charge in [0.25, 0.3) is 0 Å². The van der Waals surface area contributed by atoms with Crippen molar-refractivity contribution in [2.24, 2.45) is 5.73 Å². The van der Waals surface area contributed by atoms with Crippen molar-refractivity contribution >= 4 is 11.8 Å². The minimum Gasteiger partial charge on any atom is -0.379 e. The number of hydrogen-bond donors (Lipinski definition) is 2. The molecular weight excluding hydrogens is 406 g/mol. The van der Waals surface area contributed by atoms with Gasteiger partial charge in [0, 0.05) is 65.3 Å². The van der Waals surface area contributed by atoms with Crippen molar-refractivity contribution in [3.8, 4) is 0 Å². The molecule has 2 saturated heterocycles. The van der Waals surface area contributed by atoms with Gasteiger partial charge in [0.1, 0.15) is 6.04 Å². The average Bonchev–Trinajstić information content (AvgIpc) is 2.81. The van der Waals surface area contributed by atoms with Crippen LogP contribution in [0.25, 0.3) is 0 Å². The number of carbonyl (C=O) groups excluding carboxylic acids is 2. The molecule has 2 fully saturated rings. The summed E-state index contributed by atoms with van der Waals surface area (Å²) in [6, 6.07) is 8.29.